The number of nitrogens with zero attached hydrogens (tertiary/aromatic N) is 1. The van der Waals surface area contributed by atoms with E-state index in [2.05, 4.69) is 10.3 Å². The monoisotopic (exact) mass is 606 g/mol. The fourth-order valence-corrected chi connectivity index (χ4v) is 6.70. The highest BCUT2D eigenvalue weighted by Crippen LogP contribution is 2.38. The van der Waals surface area contributed by atoms with Gasteiger partial charge in [-0.15, -0.1) is 0 Å². The summed E-state index contributed by atoms with van der Waals surface area (Å²) >= 11 is 0. The molecule has 3 aromatic rings. The fourth-order valence-electron chi connectivity index (χ4n) is 6.70. The maximum absolute atomic E-state index is 14.0. The number of methoxy groups -OCH3 is 1. The zero-order chi connectivity index (χ0) is 31.1. The van der Waals surface area contributed by atoms with Crippen molar-refractivity contribution in [3.05, 3.63) is 65.9 Å². The normalized spacial score (nSPS) is 22.6. The van der Waals surface area contributed by atoms with Crippen LogP contribution < -0.4 is 11.1 Å². The number of esters is 1. The number of amides is 2. The minimum Gasteiger partial charge on any atom is -0.461 e. The van der Waals surface area contributed by atoms with Gasteiger partial charge in [0, 0.05) is 54.7 Å². The van der Waals surface area contributed by atoms with Crippen molar-refractivity contribution in [2.45, 2.75) is 62.9 Å². The zero-order valence-corrected chi connectivity index (χ0v) is 25.3. The number of hydrogen-bond donors (Lipinski definition) is 3. The van der Waals surface area contributed by atoms with E-state index in [1.807, 2.05) is 42.5 Å². The Morgan fingerprint density at radius 1 is 1.02 bits per heavy atom. The number of aromatic nitrogens is 1. The van der Waals surface area contributed by atoms with Crippen LogP contribution >= 0.6 is 0 Å². The van der Waals surface area contributed by atoms with Crippen LogP contribution in [0, 0.1) is 11.8 Å². The van der Waals surface area contributed by atoms with Crippen LogP contribution in [0.15, 0.2) is 54.6 Å². The Kier molecular flexibility index (Phi) is 10.7. The Morgan fingerprint density at radius 2 is 1.77 bits per heavy atom. The first-order valence-electron chi connectivity index (χ1n) is 15.7. The van der Waals surface area contributed by atoms with E-state index < -0.39 is 24.7 Å². The van der Waals surface area contributed by atoms with E-state index in [4.69, 9.17) is 15.2 Å². The largest absolute Gasteiger partial charge is 0.461 e. The third-order valence-corrected chi connectivity index (χ3v) is 9.17. The number of rotatable bonds is 12. The number of unbranched alkanes of at least 4 members (excludes halogenated alkanes) is 1. The Hall–Kier alpha value is -3.76. The summed E-state index contributed by atoms with van der Waals surface area (Å²) in [4.78, 5) is 45.2. The van der Waals surface area contributed by atoms with Gasteiger partial charge >= 0.3 is 5.97 Å². The van der Waals surface area contributed by atoms with Gasteiger partial charge in [0.05, 0.1) is 6.61 Å². The molecule has 4 N–H and O–H groups in total. The van der Waals surface area contributed by atoms with Crippen molar-refractivity contribution in [3.63, 3.8) is 0 Å². The molecule has 1 aliphatic heterocycles. The van der Waals surface area contributed by atoms with Crippen molar-refractivity contribution in [2.75, 3.05) is 38.9 Å². The number of nitrogens with two attached hydrogens (primary N) is 1. The molecule has 10 heteroatoms. The molecule has 9 nitrogen and oxygen atoms in total. The number of nitrogens with one attached hydrogen (secondary N) is 2. The van der Waals surface area contributed by atoms with Gasteiger partial charge in [-0.2, -0.15) is 0 Å². The molecular weight excluding hydrogens is 563 g/mol. The molecular formula is C34H43FN4O5. The van der Waals surface area contributed by atoms with E-state index in [-0.39, 0.29) is 29.6 Å². The second-order valence-electron chi connectivity index (χ2n) is 12.0. The molecule has 2 amide bonds. The highest BCUT2D eigenvalue weighted by atomic mass is 19.1. The number of aromatic amines is 1. The first kappa shape index (κ1) is 31.7. The summed E-state index contributed by atoms with van der Waals surface area (Å²) < 4.78 is 23.5. The topological polar surface area (TPSA) is 127 Å². The van der Waals surface area contributed by atoms with Crippen LogP contribution in [0.3, 0.4) is 0 Å². The van der Waals surface area contributed by atoms with Crippen molar-refractivity contribution in [2.24, 2.45) is 17.6 Å². The molecule has 2 aromatic carbocycles. The van der Waals surface area contributed by atoms with Gasteiger partial charge in [-0.05, 0) is 80.7 Å². The third kappa shape index (κ3) is 7.30. The highest BCUT2D eigenvalue weighted by Gasteiger charge is 2.44. The molecule has 2 heterocycles. The molecule has 0 radical (unpaired) electrons. The Balaban J connectivity index is 1.29. The quantitative estimate of drug-likeness (QED) is 0.193. The first-order valence-corrected chi connectivity index (χ1v) is 15.7. The Labute approximate surface area is 257 Å². The SMILES string of the molecule is COCCCCOC(=O)c1cc2cc(NC(=O)[C@@H]3[C@@H](c4ccccc4)CCN3C(=O)[C@H]3CC[C@H]([C@H](N)CF)CC3)ccc2[nH]1. The second kappa shape index (κ2) is 14.8. The lowest BCUT2D eigenvalue weighted by Crippen LogP contribution is -2.48. The summed E-state index contributed by atoms with van der Waals surface area (Å²) in [6.45, 7) is 0.875. The van der Waals surface area contributed by atoms with Crippen LogP contribution in [-0.4, -0.2) is 73.3 Å². The van der Waals surface area contributed by atoms with Gasteiger partial charge in [-0.25, -0.2) is 9.18 Å². The van der Waals surface area contributed by atoms with E-state index in [0.29, 0.717) is 63.2 Å². The summed E-state index contributed by atoms with van der Waals surface area (Å²) in [6, 6.07) is 15.8. The number of ether oxygens (including phenoxy) is 2. The van der Waals surface area contributed by atoms with E-state index in [9.17, 15) is 18.8 Å². The number of hydrogen-bond acceptors (Lipinski definition) is 6. The van der Waals surface area contributed by atoms with Gasteiger partial charge < -0.3 is 30.4 Å². The molecule has 1 aromatic heterocycles. The van der Waals surface area contributed by atoms with E-state index in [1.165, 1.54) is 0 Å². The highest BCUT2D eigenvalue weighted by molar-refractivity contribution is 6.01. The van der Waals surface area contributed by atoms with Crippen molar-refractivity contribution >= 4 is 34.4 Å². The van der Waals surface area contributed by atoms with Crippen molar-refractivity contribution in [1.82, 2.24) is 9.88 Å². The van der Waals surface area contributed by atoms with Crippen LogP contribution in [0.2, 0.25) is 0 Å². The van der Waals surface area contributed by atoms with Gasteiger partial charge in [-0.1, -0.05) is 30.3 Å². The molecule has 0 bridgehead atoms. The molecule has 5 rings (SSSR count). The standard InChI is InChI=1S/C34H43FN4O5/c1-43-17-5-6-18-44-34(42)30-20-25-19-26(13-14-29(25)38-30)37-32(40)31-27(22-7-3-2-4-8-22)15-16-39(31)33(41)24-11-9-23(10-12-24)28(36)21-35/h2-4,7-8,13-14,19-20,23-24,27-28,31,38H,5-6,9-12,15-18,21,36H2,1H3,(H,37,40)/t23-,24-,27-,28-,31+/m1/s1. The molecule has 0 spiro atoms. The van der Waals surface area contributed by atoms with Gasteiger partial charge in [0.25, 0.3) is 0 Å². The van der Waals surface area contributed by atoms with Gasteiger partial charge in [-0.3, -0.25) is 9.59 Å². The van der Waals surface area contributed by atoms with E-state index in [0.717, 1.165) is 29.3 Å². The van der Waals surface area contributed by atoms with Gasteiger partial charge in [0.15, 0.2) is 0 Å². The summed E-state index contributed by atoms with van der Waals surface area (Å²) in [6.07, 6.45) is 4.95. The minimum absolute atomic E-state index is 0.0117. The number of carbonyl (C=O) groups is 3. The first-order chi connectivity index (χ1) is 21.4. The van der Waals surface area contributed by atoms with E-state index >= 15 is 0 Å². The molecule has 2 aliphatic rings. The maximum atomic E-state index is 14.0. The zero-order valence-electron chi connectivity index (χ0n) is 25.3. The molecule has 1 saturated carbocycles. The predicted octanol–water partition coefficient (Wildman–Crippen LogP) is 5.18. The summed E-state index contributed by atoms with van der Waals surface area (Å²) in [7, 11) is 1.64. The minimum atomic E-state index is -0.665. The Bertz CT molecular complexity index is 1420. The third-order valence-electron chi connectivity index (χ3n) is 9.17. The molecule has 3 atom stereocenters. The van der Waals surface area contributed by atoms with Crippen LogP contribution in [0.5, 0.6) is 0 Å². The van der Waals surface area contributed by atoms with Crippen molar-refractivity contribution in [3.8, 4) is 0 Å². The molecule has 2 fully saturated rings. The average molecular weight is 607 g/mol. The Morgan fingerprint density at radius 3 is 2.50 bits per heavy atom. The second-order valence-corrected chi connectivity index (χ2v) is 12.0. The van der Waals surface area contributed by atoms with E-state index in [1.54, 1.807) is 24.1 Å². The number of fused-ring (bicyclic) bond motifs is 1. The van der Waals surface area contributed by atoms with Crippen LogP contribution in [-0.2, 0) is 19.1 Å². The van der Waals surface area contributed by atoms with Crippen LogP contribution in [0.1, 0.15) is 66.9 Å². The lowest BCUT2D eigenvalue weighted by atomic mass is 9.78. The molecule has 0 unspecified atom stereocenters. The molecule has 44 heavy (non-hydrogen) atoms. The fraction of sp³-hybridized carbons (Fsp3) is 0.500. The number of halogens is 1. The molecule has 1 aliphatic carbocycles. The predicted molar refractivity (Wildman–Crippen MR) is 167 cm³/mol. The summed E-state index contributed by atoms with van der Waals surface area (Å²) in [5, 5.41) is 3.81. The number of H-pyrrole nitrogens is 1. The van der Waals surface area contributed by atoms with Crippen LogP contribution in [0.4, 0.5) is 10.1 Å². The lowest BCUT2D eigenvalue weighted by Gasteiger charge is -2.35. The summed E-state index contributed by atoms with van der Waals surface area (Å²) in [5.41, 5.74) is 8.63. The molecule has 236 valence electrons. The van der Waals surface area contributed by atoms with Crippen molar-refractivity contribution in [1.29, 1.82) is 0 Å². The van der Waals surface area contributed by atoms with Crippen LogP contribution in [0.25, 0.3) is 10.9 Å². The lowest BCUT2D eigenvalue weighted by molar-refractivity contribution is -0.141. The number of benzene rings is 2. The average Bonchev–Trinajstić information content (AvgIpc) is 3.69. The number of carbonyl (C=O) groups excluding carboxylic acids is 3. The smallest absolute Gasteiger partial charge is 0.354 e. The number of likely N-dealkylation sites (tertiary alicyclic amines) is 1. The van der Waals surface area contributed by atoms with Crippen molar-refractivity contribution < 1.29 is 28.2 Å². The summed E-state index contributed by atoms with van der Waals surface area (Å²) in [5.74, 6) is -0.943. The maximum Gasteiger partial charge on any atom is 0.354 e. The van der Waals surface area contributed by atoms with Gasteiger partial charge in [0.2, 0.25) is 11.8 Å². The number of alkyl halides is 1. The molecule has 1 saturated heterocycles. The number of anilines is 1. The van der Waals surface area contributed by atoms with Gasteiger partial charge in [0.1, 0.15) is 18.4 Å².